The molecule has 0 spiro atoms. The van der Waals surface area contributed by atoms with Gasteiger partial charge in [-0.3, -0.25) is 0 Å². The lowest BCUT2D eigenvalue weighted by Gasteiger charge is -2.43. The highest BCUT2D eigenvalue weighted by molar-refractivity contribution is 14.1. The first kappa shape index (κ1) is 25.1. The van der Waals surface area contributed by atoms with Crippen molar-refractivity contribution >= 4 is 52.1 Å². The van der Waals surface area contributed by atoms with E-state index in [1.165, 1.54) is 15.9 Å². The average molecular weight is 575 g/mol. The lowest BCUT2D eigenvalue weighted by Crippen LogP contribution is -2.66. The molecule has 3 aromatic carbocycles. The summed E-state index contributed by atoms with van der Waals surface area (Å²) in [7, 11) is -3.67. The third-order valence-electron chi connectivity index (χ3n) is 5.57. The summed E-state index contributed by atoms with van der Waals surface area (Å²) in [6.07, 6.45) is 2.77. The van der Waals surface area contributed by atoms with Crippen LogP contribution in [0, 0.1) is 6.92 Å². The molecule has 0 aliphatic rings. The van der Waals surface area contributed by atoms with E-state index < -0.39 is 19.1 Å². The summed E-state index contributed by atoms with van der Waals surface area (Å²) in [6.45, 7) is 9.47. The molecule has 32 heavy (non-hydrogen) atoms. The molecule has 0 bridgehead atoms. The Labute approximate surface area is 209 Å². The largest absolute Gasteiger partial charge is 0.407 e. The van der Waals surface area contributed by atoms with Gasteiger partial charge >= 0.3 is 0 Å². The predicted octanol–water partition coefficient (Wildman–Crippen LogP) is 6.35. The van der Waals surface area contributed by atoms with Gasteiger partial charge in [0.1, 0.15) is 0 Å². The first-order chi connectivity index (χ1) is 15.3. The Kier molecular flexibility index (Phi) is 8.66. The van der Waals surface area contributed by atoms with Gasteiger partial charge in [0.25, 0.3) is 8.32 Å². The summed E-state index contributed by atoms with van der Waals surface area (Å²) in [4.78, 5) is 0.837. The molecule has 2 nitrogen and oxygen atoms in total. The zero-order chi connectivity index (χ0) is 23.2. The van der Waals surface area contributed by atoms with Crippen molar-refractivity contribution in [3.63, 3.8) is 0 Å². The van der Waals surface area contributed by atoms with Gasteiger partial charge in [0.05, 0.1) is 13.7 Å². The summed E-state index contributed by atoms with van der Waals surface area (Å²) in [5.41, 5.74) is 1.17. The zero-order valence-electron chi connectivity index (χ0n) is 19.2. The highest BCUT2D eigenvalue weighted by Gasteiger charge is 2.49. The SMILES string of the molecule is Cc1ccc([S@](=O)/C(I)=C\CCO[Si](c2ccccc2)(c2ccccc2)C(C)(C)C)cc1. The molecule has 0 radical (unpaired) electrons. The van der Waals surface area contributed by atoms with E-state index in [0.29, 0.717) is 6.61 Å². The topological polar surface area (TPSA) is 26.3 Å². The highest BCUT2D eigenvalue weighted by atomic mass is 127. The van der Waals surface area contributed by atoms with Crippen LogP contribution in [0.15, 0.2) is 98.8 Å². The minimum Gasteiger partial charge on any atom is -0.407 e. The fourth-order valence-electron chi connectivity index (χ4n) is 4.00. The summed E-state index contributed by atoms with van der Waals surface area (Å²) < 4.78 is 20.6. The molecule has 0 fully saturated rings. The molecule has 0 heterocycles. The van der Waals surface area contributed by atoms with Crippen molar-refractivity contribution in [2.45, 2.75) is 44.0 Å². The maximum absolute atomic E-state index is 12.9. The second-order valence-corrected chi connectivity index (χ2v) is 16.5. The van der Waals surface area contributed by atoms with Crippen LogP contribution in [0.3, 0.4) is 0 Å². The fourth-order valence-corrected chi connectivity index (χ4v) is 10.5. The van der Waals surface area contributed by atoms with E-state index in [2.05, 4.69) is 104 Å². The first-order valence-corrected chi connectivity index (χ1v) is 15.0. The maximum Gasteiger partial charge on any atom is 0.261 e. The van der Waals surface area contributed by atoms with Crippen molar-refractivity contribution in [2.24, 2.45) is 0 Å². The predicted molar refractivity (Wildman–Crippen MR) is 148 cm³/mol. The molecule has 0 amide bonds. The molecular formula is C27H31IO2SSi. The van der Waals surface area contributed by atoms with Crippen LogP contribution in [0.2, 0.25) is 5.04 Å². The number of rotatable bonds is 8. The van der Waals surface area contributed by atoms with Crippen LogP contribution in [-0.4, -0.2) is 19.1 Å². The van der Waals surface area contributed by atoms with Crippen LogP contribution in [0.1, 0.15) is 32.8 Å². The summed E-state index contributed by atoms with van der Waals surface area (Å²) >= 11 is 2.20. The van der Waals surface area contributed by atoms with Crippen LogP contribution in [-0.2, 0) is 15.2 Å². The van der Waals surface area contributed by atoms with E-state index in [0.717, 1.165) is 14.2 Å². The van der Waals surface area contributed by atoms with Crippen LogP contribution in [0.4, 0.5) is 0 Å². The minimum atomic E-state index is -2.53. The Hall–Kier alpha value is -1.54. The van der Waals surface area contributed by atoms with Gasteiger partial charge in [0.15, 0.2) is 0 Å². The number of halogens is 1. The standard InChI is InChI=1S/C27H31IO2SSi/c1-22-17-19-23(20-18-22)31(29)26(28)16-11-21-30-32(27(2,3)4,24-12-7-5-8-13-24)25-14-9-6-10-15-25/h5-10,12-20H,11,21H2,1-4H3/b26-16-/t31-/m0/s1. The van der Waals surface area contributed by atoms with Crippen LogP contribution < -0.4 is 10.4 Å². The second kappa shape index (κ2) is 11.1. The van der Waals surface area contributed by atoms with Gasteiger partial charge < -0.3 is 4.43 Å². The maximum atomic E-state index is 12.9. The lowest BCUT2D eigenvalue weighted by atomic mass is 10.2. The molecule has 0 aliphatic carbocycles. The summed E-state index contributed by atoms with van der Waals surface area (Å²) in [6, 6.07) is 29.2. The molecule has 0 aromatic heterocycles. The molecule has 0 unspecified atom stereocenters. The first-order valence-electron chi connectivity index (χ1n) is 10.8. The van der Waals surface area contributed by atoms with Crippen LogP contribution in [0.25, 0.3) is 0 Å². The highest BCUT2D eigenvalue weighted by Crippen LogP contribution is 2.36. The van der Waals surface area contributed by atoms with Crippen molar-refractivity contribution in [1.82, 2.24) is 0 Å². The number of hydrogen-bond donors (Lipinski definition) is 0. The van der Waals surface area contributed by atoms with Crippen molar-refractivity contribution in [3.8, 4) is 0 Å². The van der Waals surface area contributed by atoms with E-state index in [1.54, 1.807) is 0 Å². The molecule has 3 rings (SSSR count). The van der Waals surface area contributed by atoms with Crippen molar-refractivity contribution < 1.29 is 8.63 Å². The quantitative estimate of drug-likeness (QED) is 0.178. The molecule has 3 aromatic rings. The Bertz CT molecular complexity index is 1020. The zero-order valence-corrected chi connectivity index (χ0v) is 23.2. The van der Waals surface area contributed by atoms with Gasteiger partial charge in [-0.1, -0.05) is 105 Å². The second-order valence-electron chi connectivity index (χ2n) is 8.89. The summed E-state index contributed by atoms with van der Waals surface area (Å²) in [5.74, 6) is 0. The van der Waals surface area contributed by atoms with Gasteiger partial charge in [0, 0.05) is 11.5 Å². The molecule has 5 heteroatoms. The molecule has 168 valence electrons. The average Bonchev–Trinajstić information content (AvgIpc) is 2.79. The molecular weight excluding hydrogens is 543 g/mol. The Morgan fingerprint density at radius 2 is 1.41 bits per heavy atom. The Morgan fingerprint density at radius 1 is 0.906 bits per heavy atom. The molecule has 0 N–H and O–H groups in total. The van der Waals surface area contributed by atoms with E-state index >= 15 is 0 Å². The number of benzene rings is 3. The summed E-state index contributed by atoms with van der Waals surface area (Å²) in [5, 5.41) is 2.51. The van der Waals surface area contributed by atoms with Gasteiger partial charge in [-0.2, -0.15) is 0 Å². The minimum absolute atomic E-state index is 0.0444. The lowest BCUT2D eigenvalue weighted by molar-refractivity contribution is 0.304. The van der Waals surface area contributed by atoms with Crippen molar-refractivity contribution in [1.29, 1.82) is 0 Å². The van der Waals surface area contributed by atoms with E-state index in [4.69, 9.17) is 4.43 Å². The van der Waals surface area contributed by atoms with E-state index in [-0.39, 0.29) is 5.04 Å². The third-order valence-corrected chi connectivity index (χ3v) is 13.5. The smallest absolute Gasteiger partial charge is 0.261 e. The van der Waals surface area contributed by atoms with Gasteiger partial charge in [-0.15, -0.1) is 0 Å². The van der Waals surface area contributed by atoms with E-state index in [1.807, 2.05) is 37.3 Å². The Morgan fingerprint density at radius 3 is 1.88 bits per heavy atom. The van der Waals surface area contributed by atoms with E-state index in [9.17, 15) is 4.21 Å². The molecule has 1 atom stereocenters. The van der Waals surface area contributed by atoms with Crippen LogP contribution >= 0.6 is 22.6 Å². The number of hydrogen-bond acceptors (Lipinski definition) is 2. The van der Waals surface area contributed by atoms with Crippen molar-refractivity contribution in [2.75, 3.05) is 6.61 Å². The fraction of sp³-hybridized carbons (Fsp3) is 0.259. The van der Waals surface area contributed by atoms with Gasteiger partial charge in [0.2, 0.25) is 0 Å². The molecule has 0 aliphatic heterocycles. The monoisotopic (exact) mass is 574 g/mol. The van der Waals surface area contributed by atoms with Gasteiger partial charge in [-0.25, -0.2) is 4.21 Å². The van der Waals surface area contributed by atoms with Crippen LogP contribution in [0.5, 0.6) is 0 Å². The molecule has 0 saturated carbocycles. The Balaban J connectivity index is 1.84. The van der Waals surface area contributed by atoms with Gasteiger partial charge in [-0.05, 0) is 63.5 Å². The third kappa shape index (κ3) is 5.68. The van der Waals surface area contributed by atoms with Crippen molar-refractivity contribution in [3.05, 3.63) is 99.5 Å². The molecule has 0 saturated heterocycles. The normalized spacial score (nSPS) is 13.7. The number of aryl methyl sites for hydroxylation is 1.